The zero-order chi connectivity index (χ0) is 24.7. The van der Waals surface area contributed by atoms with Crippen molar-refractivity contribution in [3.63, 3.8) is 0 Å². The second-order valence-corrected chi connectivity index (χ2v) is 12.1. The molecule has 0 saturated carbocycles. The maximum absolute atomic E-state index is 13.7. The van der Waals surface area contributed by atoms with Crippen LogP contribution in [0.3, 0.4) is 0 Å². The lowest BCUT2D eigenvalue weighted by Crippen LogP contribution is -2.37. The minimum Gasteiger partial charge on any atom is -0.200 e. The standard InChI is InChI=1S/C19H11Cl4N5O4S2/c20-16-6-4-14(9-18(16)22)33(29,30)28(34(31,32)15-5-7-17(21)19(23)10-15)13-3-1-2-12(8-13)27-11-24-25-26-27/h1-11H. The molecule has 0 spiro atoms. The largest absolute Gasteiger partial charge is 0.277 e. The second kappa shape index (κ2) is 9.33. The van der Waals surface area contributed by atoms with Crippen molar-refractivity contribution in [1.29, 1.82) is 0 Å². The van der Waals surface area contributed by atoms with E-state index < -0.39 is 29.8 Å². The summed E-state index contributed by atoms with van der Waals surface area (Å²) in [5, 5.41) is 10.9. The number of rotatable bonds is 6. The second-order valence-electron chi connectivity index (χ2n) is 6.63. The van der Waals surface area contributed by atoms with Crippen molar-refractivity contribution in [3.05, 3.63) is 87.1 Å². The van der Waals surface area contributed by atoms with Crippen molar-refractivity contribution in [2.45, 2.75) is 9.79 Å². The van der Waals surface area contributed by atoms with E-state index in [1.165, 1.54) is 41.3 Å². The van der Waals surface area contributed by atoms with Gasteiger partial charge in [-0.1, -0.05) is 52.5 Å². The summed E-state index contributed by atoms with van der Waals surface area (Å²) in [5.74, 6) is 0. The van der Waals surface area contributed by atoms with E-state index >= 15 is 0 Å². The summed E-state index contributed by atoms with van der Waals surface area (Å²) in [4.78, 5) is -0.809. The predicted octanol–water partition coefficient (Wildman–Crippen LogP) is 4.86. The van der Waals surface area contributed by atoms with Gasteiger partial charge in [-0.3, -0.25) is 0 Å². The summed E-state index contributed by atoms with van der Waals surface area (Å²) in [6, 6.07) is 12.5. The van der Waals surface area contributed by atoms with Gasteiger partial charge < -0.3 is 0 Å². The molecular formula is C19H11Cl4N5O4S2. The summed E-state index contributed by atoms with van der Waals surface area (Å²) in [5.41, 5.74) is 0.0892. The number of nitrogens with zero attached hydrogens (tertiary/aromatic N) is 5. The van der Waals surface area contributed by atoms with Gasteiger partial charge in [0.15, 0.2) is 0 Å². The number of hydrogen-bond acceptors (Lipinski definition) is 7. The van der Waals surface area contributed by atoms with Gasteiger partial charge in [-0.15, -0.1) is 5.10 Å². The van der Waals surface area contributed by atoms with Gasteiger partial charge in [0.05, 0.1) is 41.3 Å². The highest BCUT2D eigenvalue weighted by Crippen LogP contribution is 2.35. The molecule has 0 N–H and O–H groups in total. The smallest absolute Gasteiger partial charge is 0.200 e. The molecule has 1 heterocycles. The van der Waals surface area contributed by atoms with Gasteiger partial charge in [0, 0.05) is 0 Å². The molecule has 0 radical (unpaired) electrons. The van der Waals surface area contributed by atoms with Gasteiger partial charge >= 0.3 is 0 Å². The van der Waals surface area contributed by atoms with E-state index in [-0.39, 0.29) is 29.5 Å². The lowest BCUT2D eigenvalue weighted by Gasteiger charge is -2.25. The van der Waals surface area contributed by atoms with Crippen LogP contribution in [0.5, 0.6) is 0 Å². The zero-order valence-corrected chi connectivity index (χ0v) is 21.2. The average Bonchev–Trinajstić information content (AvgIpc) is 3.32. The monoisotopic (exact) mass is 577 g/mol. The van der Waals surface area contributed by atoms with Crippen molar-refractivity contribution in [3.8, 4) is 5.69 Å². The highest BCUT2D eigenvalue weighted by atomic mass is 35.5. The zero-order valence-electron chi connectivity index (χ0n) is 16.5. The van der Waals surface area contributed by atoms with Gasteiger partial charge in [0.25, 0.3) is 20.0 Å². The fraction of sp³-hybridized carbons (Fsp3) is 0. The molecule has 0 aliphatic carbocycles. The van der Waals surface area contributed by atoms with Gasteiger partial charge in [0.1, 0.15) is 6.33 Å². The van der Waals surface area contributed by atoms with Gasteiger partial charge in [-0.2, -0.15) is 3.71 Å². The number of halogens is 4. The van der Waals surface area contributed by atoms with E-state index in [4.69, 9.17) is 46.4 Å². The summed E-state index contributed by atoms with van der Waals surface area (Å²) in [7, 11) is -9.48. The van der Waals surface area contributed by atoms with E-state index in [2.05, 4.69) is 15.5 Å². The third-order valence-electron chi connectivity index (χ3n) is 4.47. The Bertz CT molecular complexity index is 1520. The number of anilines is 1. The molecule has 4 aromatic rings. The van der Waals surface area contributed by atoms with E-state index in [1.807, 2.05) is 0 Å². The van der Waals surface area contributed by atoms with Crippen molar-refractivity contribution in [1.82, 2.24) is 20.2 Å². The molecule has 176 valence electrons. The Hall–Kier alpha value is -2.41. The van der Waals surface area contributed by atoms with Gasteiger partial charge in [-0.05, 0) is 65.0 Å². The number of benzene rings is 3. The minimum atomic E-state index is -4.74. The summed E-state index contributed by atoms with van der Waals surface area (Å²) >= 11 is 23.9. The van der Waals surface area contributed by atoms with Crippen LogP contribution in [0, 0.1) is 0 Å². The first kappa shape index (κ1) is 24.7. The molecule has 9 nitrogen and oxygen atoms in total. The van der Waals surface area contributed by atoms with Crippen LogP contribution in [0.1, 0.15) is 0 Å². The first-order valence-corrected chi connectivity index (χ1v) is 13.4. The lowest BCUT2D eigenvalue weighted by molar-refractivity contribution is 0.584. The normalized spacial score (nSPS) is 12.0. The maximum Gasteiger partial charge on any atom is 0.277 e. The molecule has 34 heavy (non-hydrogen) atoms. The Balaban J connectivity index is 1.97. The van der Waals surface area contributed by atoms with E-state index in [9.17, 15) is 16.8 Å². The van der Waals surface area contributed by atoms with Crippen LogP contribution in [0.25, 0.3) is 5.69 Å². The maximum atomic E-state index is 13.7. The van der Waals surface area contributed by atoms with E-state index in [0.717, 1.165) is 24.3 Å². The van der Waals surface area contributed by atoms with Crippen LogP contribution in [0.15, 0.2) is 76.8 Å². The van der Waals surface area contributed by atoms with Crippen LogP contribution >= 0.6 is 46.4 Å². The first-order chi connectivity index (χ1) is 16.0. The Morgan fingerprint density at radius 3 is 1.74 bits per heavy atom. The highest BCUT2D eigenvalue weighted by molar-refractivity contribution is 8.10. The third kappa shape index (κ3) is 4.59. The molecular weight excluding hydrogens is 568 g/mol. The Morgan fingerprint density at radius 2 is 1.26 bits per heavy atom. The number of sulfonamides is 2. The molecule has 0 atom stereocenters. The molecule has 0 unspecified atom stereocenters. The van der Waals surface area contributed by atoms with Gasteiger partial charge in [-0.25, -0.2) is 21.5 Å². The van der Waals surface area contributed by atoms with Crippen molar-refractivity contribution in [2.24, 2.45) is 0 Å². The van der Waals surface area contributed by atoms with Crippen molar-refractivity contribution in [2.75, 3.05) is 3.71 Å². The Labute approximate surface area is 214 Å². The molecule has 0 amide bonds. The lowest BCUT2D eigenvalue weighted by atomic mass is 10.3. The molecule has 3 aromatic carbocycles. The fourth-order valence-corrected chi connectivity index (χ4v) is 7.36. The molecule has 4 rings (SSSR count). The van der Waals surface area contributed by atoms with Crippen LogP contribution < -0.4 is 3.71 Å². The van der Waals surface area contributed by atoms with Gasteiger partial charge in [0.2, 0.25) is 0 Å². The van der Waals surface area contributed by atoms with Crippen LogP contribution in [-0.4, -0.2) is 37.0 Å². The van der Waals surface area contributed by atoms with Crippen molar-refractivity contribution >= 4 is 72.1 Å². The third-order valence-corrected chi connectivity index (χ3v) is 10.1. The van der Waals surface area contributed by atoms with E-state index in [0.29, 0.717) is 5.69 Å². The fourth-order valence-electron chi connectivity index (χ4n) is 2.90. The molecule has 1 aromatic heterocycles. The van der Waals surface area contributed by atoms with Crippen LogP contribution in [0.2, 0.25) is 20.1 Å². The average molecular weight is 579 g/mol. The molecule has 0 fully saturated rings. The van der Waals surface area contributed by atoms with Crippen LogP contribution in [0.4, 0.5) is 5.69 Å². The topological polar surface area (TPSA) is 115 Å². The minimum absolute atomic E-state index is 0.0722. The summed E-state index contributed by atoms with van der Waals surface area (Å²) in [6.07, 6.45) is 1.27. The summed E-state index contributed by atoms with van der Waals surface area (Å²) < 4.78 is 56.3. The number of hydrogen-bond donors (Lipinski definition) is 0. The molecule has 0 aliphatic heterocycles. The van der Waals surface area contributed by atoms with Crippen molar-refractivity contribution < 1.29 is 16.8 Å². The Kier molecular flexibility index (Phi) is 6.78. The highest BCUT2D eigenvalue weighted by Gasteiger charge is 2.37. The predicted molar refractivity (Wildman–Crippen MR) is 129 cm³/mol. The molecule has 0 saturated heterocycles. The summed E-state index contributed by atoms with van der Waals surface area (Å²) in [6.45, 7) is 0. The molecule has 0 bridgehead atoms. The molecule has 15 heteroatoms. The van der Waals surface area contributed by atoms with Crippen LogP contribution in [-0.2, 0) is 20.0 Å². The SMILES string of the molecule is O=S(=O)(c1ccc(Cl)c(Cl)c1)N(c1cccc(-n2cnnn2)c1)S(=O)(=O)c1ccc(Cl)c(Cl)c1. The molecule has 0 aliphatic rings. The number of tetrazole rings is 1. The quantitative estimate of drug-likeness (QED) is 0.321. The van der Waals surface area contributed by atoms with E-state index in [1.54, 1.807) is 6.07 Å². The number of aromatic nitrogens is 4. The first-order valence-electron chi connectivity index (χ1n) is 9.06. The Morgan fingerprint density at radius 1 is 0.706 bits per heavy atom.